The minimum Gasteiger partial charge on any atom is -0.457 e. The number of hydrogen-bond donors (Lipinski definition) is 0. The van der Waals surface area contributed by atoms with Crippen LogP contribution in [0.1, 0.15) is 22.3 Å². The molecule has 0 unspecified atom stereocenters. The molecule has 0 saturated carbocycles. The van der Waals surface area contributed by atoms with Crippen LogP contribution in [-0.4, -0.2) is 0 Å². The van der Waals surface area contributed by atoms with E-state index in [9.17, 15) is 0 Å². The molecule has 5 nitrogen and oxygen atoms in total. The topological polar surface area (TPSA) is 46.2 Å². The largest absolute Gasteiger partial charge is 0.530 e. The van der Waals surface area contributed by atoms with E-state index in [1.54, 1.807) is 0 Å². The Kier molecular flexibility index (Phi) is 4.34. The van der Waals surface area contributed by atoms with Crippen molar-refractivity contribution in [3.63, 3.8) is 0 Å². The summed E-state index contributed by atoms with van der Waals surface area (Å²) in [6, 6.07) is 37.6. The van der Waals surface area contributed by atoms with Crippen LogP contribution in [0.5, 0.6) is 40.2 Å². The summed E-state index contributed by atoms with van der Waals surface area (Å²) >= 11 is 0. The Labute approximate surface area is 214 Å². The van der Waals surface area contributed by atoms with E-state index in [2.05, 4.69) is 12.1 Å². The zero-order valence-corrected chi connectivity index (χ0v) is 20.4. The van der Waals surface area contributed by atoms with Crippen molar-refractivity contribution in [2.24, 2.45) is 0 Å². The van der Waals surface area contributed by atoms with Gasteiger partial charge in [0.15, 0.2) is 0 Å². The van der Waals surface area contributed by atoms with E-state index >= 15 is 0 Å². The summed E-state index contributed by atoms with van der Waals surface area (Å²) in [7, 11) is -1.84. The predicted octanol–water partition coefficient (Wildman–Crippen LogP) is 8.36. The highest BCUT2D eigenvalue weighted by atomic mass is 31.2. The summed E-state index contributed by atoms with van der Waals surface area (Å²) in [5.41, 5.74) is 3.04. The molecule has 37 heavy (non-hydrogen) atoms. The van der Waals surface area contributed by atoms with Crippen molar-refractivity contribution in [2.75, 3.05) is 0 Å². The van der Waals surface area contributed by atoms with Crippen LogP contribution in [0, 0.1) is 0 Å². The Bertz CT molecular complexity index is 1580. The smallest absolute Gasteiger partial charge is 0.457 e. The Morgan fingerprint density at radius 1 is 0.459 bits per heavy atom. The number of para-hydroxylation sites is 3. The van der Waals surface area contributed by atoms with Gasteiger partial charge in [-0.1, -0.05) is 66.7 Å². The molecule has 3 aliphatic rings. The lowest BCUT2D eigenvalue weighted by Gasteiger charge is -2.46. The van der Waals surface area contributed by atoms with Crippen molar-refractivity contribution in [2.45, 2.75) is 5.41 Å². The maximum Gasteiger partial charge on any atom is 0.530 e. The van der Waals surface area contributed by atoms with Crippen molar-refractivity contribution in [3.05, 3.63) is 138 Å². The summed E-state index contributed by atoms with van der Waals surface area (Å²) < 4.78 is 32.4. The molecule has 0 N–H and O–H groups in total. The summed E-state index contributed by atoms with van der Waals surface area (Å²) in [6.07, 6.45) is 0. The summed E-state index contributed by atoms with van der Waals surface area (Å²) in [4.78, 5) is 0. The second-order valence-corrected chi connectivity index (χ2v) is 10.0. The third-order valence-corrected chi connectivity index (χ3v) is 8.07. The van der Waals surface area contributed by atoms with Gasteiger partial charge in [0.2, 0.25) is 0 Å². The van der Waals surface area contributed by atoms with Crippen LogP contribution in [0.2, 0.25) is 0 Å². The van der Waals surface area contributed by atoms with Gasteiger partial charge in [0, 0.05) is 11.1 Å². The van der Waals surface area contributed by atoms with Crippen LogP contribution in [0.3, 0.4) is 0 Å². The van der Waals surface area contributed by atoms with Crippen molar-refractivity contribution in [3.8, 4) is 40.2 Å². The van der Waals surface area contributed by atoms with E-state index in [4.69, 9.17) is 23.0 Å². The quantitative estimate of drug-likeness (QED) is 0.222. The lowest BCUT2D eigenvalue weighted by atomic mass is 9.62. The standard InChI is InChI=1S/C31H19O5P/c1-2-10-20(11-3-1)34-37-35-27-18-8-16-25-29(27)31(21-12-4-6-14-23(21)32-25)22-13-5-7-15-24(22)33-26-17-9-19-28(36-37)30(26)31/h1-19H. The maximum atomic E-state index is 6.56. The average molecular weight is 502 g/mol. The van der Waals surface area contributed by atoms with Gasteiger partial charge >= 0.3 is 8.60 Å². The molecule has 0 aromatic heterocycles. The predicted molar refractivity (Wildman–Crippen MR) is 140 cm³/mol. The number of benzene rings is 5. The van der Waals surface area contributed by atoms with Crippen LogP contribution in [-0.2, 0) is 5.41 Å². The van der Waals surface area contributed by atoms with Gasteiger partial charge in [-0.25, -0.2) is 0 Å². The second kappa shape index (κ2) is 7.76. The van der Waals surface area contributed by atoms with Crippen molar-refractivity contribution < 1.29 is 23.0 Å². The Morgan fingerprint density at radius 3 is 1.49 bits per heavy atom. The molecule has 178 valence electrons. The van der Waals surface area contributed by atoms with E-state index in [0.29, 0.717) is 17.2 Å². The first-order valence-electron chi connectivity index (χ1n) is 12.0. The first-order valence-corrected chi connectivity index (χ1v) is 13.1. The van der Waals surface area contributed by atoms with E-state index in [0.717, 1.165) is 45.3 Å². The molecule has 5 aromatic carbocycles. The SMILES string of the molecule is c1ccc(OP2Oc3cccc4c3C3(c5ccccc5O4)c4ccccc4Oc4cccc(c43)O2)cc1. The molecule has 6 heteroatoms. The molecular formula is C31H19O5P. The minimum atomic E-state index is -1.84. The van der Waals surface area contributed by atoms with Crippen molar-refractivity contribution in [1.29, 1.82) is 0 Å². The van der Waals surface area contributed by atoms with Gasteiger partial charge in [0.25, 0.3) is 0 Å². The Morgan fingerprint density at radius 2 is 0.919 bits per heavy atom. The minimum absolute atomic E-state index is 0.645. The lowest BCUT2D eigenvalue weighted by Crippen LogP contribution is -2.38. The number of rotatable bonds is 2. The number of ether oxygens (including phenoxy) is 2. The highest BCUT2D eigenvalue weighted by Gasteiger charge is 2.55. The third-order valence-electron chi connectivity index (χ3n) is 7.02. The third kappa shape index (κ3) is 2.89. The number of fused-ring (bicyclic) bond motifs is 2. The van der Waals surface area contributed by atoms with Crippen LogP contribution in [0.15, 0.2) is 115 Å². The zero-order chi connectivity index (χ0) is 24.4. The van der Waals surface area contributed by atoms with Gasteiger partial charge < -0.3 is 23.0 Å². The molecule has 0 bridgehead atoms. The van der Waals surface area contributed by atoms with Crippen LogP contribution in [0.25, 0.3) is 0 Å². The molecule has 3 heterocycles. The molecule has 0 saturated heterocycles. The lowest BCUT2D eigenvalue weighted by molar-refractivity contribution is 0.347. The monoisotopic (exact) mass is 502 g/mol. The fraction of sp³-hybridized carbons (Fsp3) is 0.0323. The highest BCUT2D eigenvalue weighted by Crippen LogP contribution is 2.67. The molecule has 0 amide bonds. The van der Waals surface area contributed by atoms with Gasteiger partial charge in [-0.2, -0.15) is 0 Å². The van der Waals surface area contributed by atoms with Crippen LogP contribution >= 0.6 is 8.60 Å². The van der Waals surface area contributed by atoms with Crippen LogP contribution in [0.4, 0.5) is 0 Å². The molecule has 1 spiro atoms. The molecule has 8 rings (SSSR count). The molecular weight excluding hydrogens is 483 g/mol. The zero-order valence-electron chi connectivity index (χ0n) is 19.5. The molecule has 0 radical (unpaired) electrons. The maximum absolute atomic E-state index is 6.56. The highest BCUT2D eigenvalue weighted by molar-refractivity contribution is 7.43. The second-order valence-electron chi connectivity index (χ2n) is 9.02. The van der Waals surface area contributed by atoms with E-state index in [-0.39, 0.29) is 0 Å². The molecule has 0 atom stereocenters. The van der Waals surface area contributed by atoms with Crippen molar-refractivity contribution >= 4 is 8.60 Å². The average Bonchev–Trinajstić information content (AvgIpc) is 2.93. The fourth-order valence-corrected chi connectivity index (χ4v) is 6.68. The van der Waals surface area contributed by atoms with Gasteiger partial charge in [0.05, 0.1) is 16.5 Å². The fourth-order valence-electron chi connectivity index (χ4n) is 5.64. The first-order chi connectivity index (χ1) is 18.3. The number of hydrogen-bond acceptors (Lipinski definition) is 5. The molecule has 3 aliphatic heterocycles. The Balaban J connectivity index is 1.48. The summed E-state index contributed by atoms with van der Waals surface area (Å²) in [6.45, 7) is 0. The van der Waals surface area contributed by atoms with E-state index in [1.165, 1.54) is 0 Å². The van der Waals surface area contributed by atoms with Gasteiger partial charge in [0.1, 0.15) is 40.2 Å². The van der Waals surface area contributed by atoms with Gasteiger partial charge in [-0.15, -0.1) is 0 Å². The van der Waals surface area contributed by atoms with Crippen molar-refractivity contribution in [1.82, 2.24) is 0 Å². The first kappa shape index (κ1) is 20.7. The molecule has 5 aromatic rings. The summed E-state index contributed by atoms with van der Waals surface area (Å²) in [5.74, 6) is 4.98. The van der Waals surface area contributed by atoms with E-state index in [1.807, 2.05) is 103 Å². The molecule has 0 aliphatic carbocycles. The Hall–Kier alpha value is -4.47. The van der Waals surface area contributed by atoms with E-state index < -0.39 is 14.0 Å². The normalized spacial score (nSPS) is 15.5. The van der Waals surface area contributed by atoms with Gasteiger partial charge in [-0.3, -0.25) is 0 Å². The molecule has 0 fully saturated rings. The van der Waals surface area contributed by atoms with Gasteiger partial charge in [-0.05, 0) is 48.5 Å². The summed E-state index contributed by atoms with van der Waals surface area (Å²) in [5, 5.41) is 0. The van der Waals surface area contributed by atoms with Crippen LogP contribution < -0.4 is 23.0 Å².